The molecule has 2 aromatic carbocycles. The number of aromatic nitrogens is 1. The molecule has 134 valence electrons. The summed E-state index contributed by atoms with van der Waals surface area (Å²) in [7, 11) is 0. The van der Waals surface area contributed by atoms with Crippen LogP contribution in [-0.2, 0) is 30.8 Å². The average Bonchev–Trinajstić information content (AvgIpc) is 3.13. The van der Waals surface area contributed by atoms with E-state index in [0.717, 1.165) is 28.4 Å². The molecule has 26 heavy (non-hydrogen) atoms. The lowest BCUT2D eigenvalue weighted by Gasteiger charge is -2.05. The summed E-state index contributed by atoms with van der Waals surface area (Å²) in [5.74, 6) is 0.807. The maximum Gasteiger partial charge on any atom is 0.226 e. The molecule has 0 spiro atoms. The minimum absolute atomic E-state index is 0.0261. The van der Waals surface area contributed by atoms with Crippen LogP contribution in [0.2, 0.25) is 0 Å². The summed E-state index contributed by atoms with van der Waals surface area (Å²) in [4.78, 5) is 16.5. The Hall–Kier alpha value is -2.66. The smallest absolute Gasteiger partial charge is 0.226 e. The van der Waals surface area contributed by atoms with Crippen molar-refractivity contribution in [1.29, 1.82) is 0 Å². The highest BCUT2D eigenvalue weighted by Crippen LogP contribution is 2.17. The fraction of sp³-hybridized carbons (Fsp3) is 0.238. The third kappa shape index (κ3) is 5.43. The minimum atomic E-state index is -0.0261. The maximum absolute atomic E-state index is 12.1. The second kappa shape index (κ2) is 9.15. The number of carbonyl (C=O) groups is 1. The highest BCUT2D eigenvalue weighted by molar-refractivity contribution is 7.09. The molecule has 1 N–H and O–H groups in total. The van der Waals surface area contributed by atoms with Crippen LogP contribution >= 0.6 is 11.3 Å². The Morgan fingerprint density at radius 3 is 2.58 bits per heavy atom. The van der Waals surface area contributed by atoms with Crippen molar-refractivity contribution in [1.82, 2.24) is 10.3 Å². The summed E-state index contributed by atoms with van der Waals surface area (Å²) in [6, 6.07) is 18.0. The van der Waals surface area contributed by atoms with Crippen molar-refractivity contribution >= 4 is 17.2 Å². The van der Waals surface area contributed by atoms with Gasteiger partial charge in [-0.25, -0.2) is 4.98 Å². The van der Waals surface area contributed by atoms with Crippen molar-refractivity contribution in [2.45, 2.75) is 32.9 Å². The zero-order valence-corrected chi connectivity index (χ0v) is 15.6. The van der Waals surface area contributed by atoms with Crippen LogP contribution < -0.4 is 10.1 Å². The van der Waals surface area contributed by atoms with E-state index in [1.165, 1.54) is 16.9 Å². The van der Waals surface area contributed by atoms with Crippen molar-refractivity contribution in [2.75, 3.05) is 0 Å². The molecule has 3 rings (SSSR count). The number of aryl methyl sites for hydroxylation is 1. The number of hydrogen-bond donors (Lipinski definition) is 1. The maximum atomic E-state index is 12.1. The molecule has 0 aliphatic rings. The Kier molecular flexibility index (Phi) is 6.39. The van der Waals surface area contributed by atoms with E-state index in [4.69, 9.17) is 4.74 Å². The van der Waals surface area contributed by atoms with Crippen molar-refractivity contribution in [3.8, 4) is 5.75 Å². The van der Waals surface area contributed by atoms with Gasteiger partial charge in [0.1, 0.15) is 17.4 Å². The minimum Gasteiger partial charge on any atom is -0.486 e. The van der Waals surface area contributed by atoms with Gasteiger partial charge in [0, 0.05) is 11.9 Å². The molecule has 5 heteroatoms. The first-order valence-corrected chi connectivity index (χ1v) is 9.56. The third-order valence-corrected chi connectivity index (χ3v) is 4.84. The molecule has 1 aromatic heterocycles. The lowest BCUT2D eigenvalue weighted by molar-refractivity contribution is -0.120. The van der Waals surface area contributed by atoms with E-state index in [-0.39, 0.29) is 12.3 Å². The molecular formula is C21H22N2O2S. The van der Waals surface area contributed by atoms with Gasteiger partial charge in [-0.2, -0.15) is 0 Å². The van der Waals surface area contributed by atoms with E-state index in [1.54, 1.807) is 0 Å². The number of carbonyl (C=O) groups excluding carboxylic acids is 1. The van der Waals surface area contributed by atoms with E-state index >= 15 is 0 Å². The highest BCUT2D eigenvalue weighted by Gasteiger charge is 2.08. The summed E-state index contributed by atoms with van der Waals surface area (Å²) in [6.07, 6.45) is 1.30. The first-order chi connectivity index (χ1) is 12.7. The first kappa shape index (κ1) is 18.1. The second-order valence-electron chi connectivity index (χ2n) is 5.96. The van der Waals surface area contributed by atoms with Gasteiger partial charge in [0.25, 0.3) is 0 Å². The SMILES string of the molecule is CCc1ccc(OCc2nc(CC(=O)NCc3ccccc3)cs2)cc1. The first-order valence-electron chi connectivity index (χ1n) is 8.68. The highest BCUT2D eigenvalue weighted by atomic mass is 32.1. The fourth-order valence-corrected chi connectivity index (χ4v) is 3.19. The standard InChI is InChI=1S/C21H22N2O2S/c1-2-16-8-10-19(11-9-16)25-14-21-23-18(15-26-21)12-20(24)22-13-17-6-4-3-5-7-17/h3-11,15H,2,12-14H2,1H3,(H,22,24). The number of rotatable bonds is 8. The van der Waals surface area contributed by atoms with Gasteiger partial charge in [-0.1, -0.05) is 49.4 Å². The van der Waals surface area contributed by atoms with E-state index < -0.39 is 0 Å². The van der Waals surface area contributed by atoms with Crippen LogP contribution in [0.1, 0.15) is 28.8 Å². The van der Waals surface area contributed by atoms with Gasteiger partial charge < -0.3 is 10.1 Å². The molecule has 0 saturated carbocycles. The Balaban J connectivity index is 1.45. The second-order valence-corrected chi connectivity index (χ2v) is 6.90. The monoisotopic (exact) mass is 366 g/mol. The quantitative estimate of drug-likeness (QED) is 0.652. The zero-order valence-electron chi connectivity index (χ0n) is 14.8. The molecule has 1 heterocycles. The molecule has 0 fully saturated rings. The predicted molar refractivity (Wildman–Crippen MR) is 104 cm³/mol. The molecule has 1 amide bonds. The van der Waals surface area contributed by atoms with E-state index in [9.17, 15) is 4.79 Å². The van der Waals surface area contributed by atoms with Gasteiger partial charge in [0.15, 0.2) is 0 Å². The molecule has 3 aromatic rings. The zero-order chi connectivity index (χ0) is 18.2. The van der Waals surface area contributed by atoms with Crippen LogP contribution in [0.15, 0.2) is 60.0 Å². The van der Waals surface area contributed by atoms with Crippen LogP contribution in [0.5, 0.6) is 5.75 Å². The molecule has 0 unspecified atom stereocenters. The molecule has 0 aliphatic carbocycles. The Labute approximate surface area is 157 Å². The van der Waals surface area contributed by atoms with E-state index in [0.29, 0.717) is 13.2 Å². The van der Waals surface area contributed by atoms with Crippen molar-refractivity contribution in [3.05, 3.63) is 81.8 Å². The van der Waals surface area contributed by atoms with Crippen molar-refractivity contribution < 1.29 is 9.53 Å². The van der Waals surface area contributed by atoms with Crippen LogP contribution in [0.4, 0.5) is 0 Å². The largest absolute Gasteiger partial charge is 0.486 e. The Morgan fingerprint density at radius 1 is 1.08 bits per heavy atom. The summed E-state index contributed by atoms with van der Waals surface area (Å²) in [5.41, 5.74) is 3.15. The third-order valence-electron chi connectivity index (χ3n) is 3.97. The topological polar surface area (TPSA) is 51.2 Å². The van der Waals surface area contributed by atoms with Gasteiger partial charge in [-0.05, 0) is 29.7 Å². The number of hydrogen-bond acceptors (Lipinski definition) is 4. The van der Waals surface area contributed by atoms with Gasteiger partial charge in [0.05, 0.1) is 12.1 Å². The molecule has 0 atom stereocenters. The summed E-state index contributed by atoms with van der Waals surface area (Å²) >= 11 is 1.52. The number of amides is 1. The fourth-order valence-electron chi connectivity index (χ4n) is 2.49. The normalized spacial score (nSPS) is 10.5. The molecule has 0 saturated heterocycles. The lowest BCUT2D eigenvalue weighted by atomic mass is 10.2. The molecular weight excluding hydrogens is 344 g/mol. The van der Waals surface area contributed by atoms with E-state index in [2.05, 4.69) is 29.4 Å². The van der Waals surface area contributed by atoms with Gasteiger partial charge >= 0.3 is 0 Å². The summed E-state index contributed by atoms with van der Waals surface area (Å²) < 4.78 is 5.76. The predicted octanol–water partition coefficient (Wildman–Crippen LogP) is 4.14. The van der Waals surface area contributed by atoms with E-state index in [1.807, 2.05) is 47.8 Å². The molecule has 0 bridgehead atoms. The molecule has 4 nitrogen and oxygen atoms in total. The van der Waals surface area contributed by atoms with Crippen LogP contribution in [-0.4, -0.2) is 10.9 Å². The number of benzene rings is 2. The lowest BCUT2D eigenvalue weighted by Crippen LogP contribution is -2.24. The van der Waals surface area contributed by atoms with Crippen LogP contribution in [0.3, 0.4) is 0 Å². The molecule has 0 aliphatic heterocycles. The summed E-state index contributed by atoms with van der Waals surface area (Å²) in [5, 5.41) is 5.71. The Morgan fingerprint density at radius 2 is 1.85 bits per heavy atom. The number of nitrogens with zero attached hydrogens (tertiary/aromatic N) is 1. The van der Waals surface area contributed by atoms with Crippen LogP contribution in [0.25, 0.3) is 0 Å². The number of ether oxygens (including phenoxy) is 1. The average molecular weight is 366 g/mol. The van der Waals surface area contributed by atoms with Gasteiger partial charge in [-0.15, -0.1) is 11.3 Å². The van der Waals surface area contributed by atoms with Crippen molar-refractivity contribution in [3.63, 3.8) is 0 Å². The summed E-state index contributed by atoms with van der Waals surface area (Å²) in [6.45, 7) is 3.08. The van der Waals surface area contributed by atoms with Gasteiger partial charge in [-0.3, -0.25) is 4.79 Å². The number of thiazole rings is 1. The number of nitrogens with one attached hydrogen (secondary N) is 1. The Bertz CT molecular complexity index is 829. The van der Waals surface area contributed by atoms with Gasteiger partial charge in [0.2, 0.25) is 5.91 Å². The van der Waals surface area contributed by atoms with Crippen molar-refractivity contribution in [2.24, 2.45) is 0 Å². The van der Waals surface area contributed by atoms with Crippen LogP contribution in [0, 0.1) is 0 Å². The molecule has 0 radical (unpaired) electrons.